The number of hydrogen-bond acceptors (Lipinski definition) is 3. The van der Waals surface area contributed by atoms with E-state index in [-0.39, 0.29) is 5.92 Å². The first-order valence-electron chi connectivity index (χ1n) is 15.4. The normalized spacial score (nSPS) is 21.8. The van der Waals surface area contributed by atoms with Crippen LogP contribution in [0.15, 0.2) is 48.5 Å². The van der Waals surface area contributed by atoms with Crippen molar-refractivity contribution < 1.29 is 4.79 Å². The number of benzene rings is 2. The minimum atomic E-state index is 0.108. The summed E-state index contributed by atoms with van der Waals surface area (Å²) in [5, 5.41) is 0.758. The highest BCUT2D eigenvalue weighted by atomic mass is 35.5. The minimum absolute atomic E-state index is 0.108. The summed E-state index contributed by atoms with van der Waals surface area (Å²) in [5.74, 6) is 1.64. The molecule has 1 aliphatic heterocycles. The molecule has 6 heteroatoms. The number of fused-ring (bicyclic) bond motifs is 1. The van der Waals surface area contributed by atoms with Crippen LogP contribution >= 0.6 is 11.6 Å². The van der Waals surface area contributed by atoms with Crippen molar-refractivity contribution >= 4 is 28.5 Å². The van der Waals surface area contributed by atoms with Crippen molar-refractivity contribution in [3.8, 4) is 0 Å². The molecule has 1 amide bonds. The molecule has 1 aromatic heterocycles. The molecule has 6 rings (SSSR count). The Labute approximate surface area is 238 Å². The number of piperidine rings is 1. The van der Waals surface area contributed by atoms with Crippen molar-refractivity contribution in [1.82, 2.24) is 19.4 Å². The molecule has 1 saturated heterocycles. The van der Waals surface area contributed by atoms with Crippen LogP contribution in [-0.4, -0.2) is 50.4 Å². The Morgan fingerprint density at radius 1 is 0.821 bits per heavy atom. The van der Waals surface area contributed by atoms with Gasteiger partial charge in [-0.05, 0) is 74.9 Å². The number of amides is 1. The van der Waals surface area contributed by atoms with Gasteiger partial charge in [-0.15, -0.1) is 0 Å². The van der Waals surface area contributed by atoms with Crippen LogP contribution in [0.1, 0.15) is 88.4 Å². The first-order chi connectivity index (χ1) is 19.2. The highest BCUT2D eigenvalue weighted by molar-refractivity contribution is 6.30. The molecular weight excluding hydrogens is 504 g/mol. The summed E-state index contributed by atoms with van der Waals surface area (Å²) in [4.78, 5) is 24.2. The lowest BCUT2D eigenvalue weighted by molar-refractivity contribution is -0.144. The number of nitrogens with zero attached hydrogens (tertiary/aromatic N) is 4. The number of rotatable bonds is 7. The molecule has 1 atom stereocenters. The zero-order valence-corrected chi connectivity index (χ0v) is 24.0. The molecule has 0 N–H and O–H groups in total. The summed E-state index contributed by atoms with van der Waals surface area (Å²) in [6, 6.07) is 17.5. The van der Waals surface area contributed by atoms with Gasteiger partial charge >= 0.3 is 0 Å². The fraction of sp³-hybridized carbons (Fsp3) is 0.576. The molecule has 39 heavy (non-hydrogen) atoms. The molecule has 2 aliphatic carbocycles. The van der Waals surface area contributed by atoms with Crippen molar-refractivity contribution in [2.45, 2.75) is 102 Å². The van der Waals surface area contributed by atoms with E-state index in [1.165, 1.54) is 69.8 Å². The SMILES string of the molecule is O=C([C@@H]1CCCN(Cc2nc3ccccc3n2Cc2ccc(Cl)cc2)C1)N(C1CCCCC1)C1CCCCC1. The number of halogens is 1. The minimum Gasteiger partial charge on any atom is -0.336 e. The van der Waals surface area contributed by atoms with Crippen molar-refractivity contribution in [3.05, 3.63) is 64.9 Å². The lowest BCUT2D eigenvalue weighted by Crippen LogP contribution is -2.53. The number of carbonyl (C=O) groups is 1. The van der Waals surface area contributed by atoms with E-state index in [4.69, 9.17) is 16.6 Å². The Balaban J connectivity index is 1.20. The Kier molecular flexibility index (Phi) is 8.55. The van der Waals surface area contributed by atoms with Crippen LogP contribution in [-0.2, 0) is 17.9 Å². The summed E-state index contributed by atoms with van der Waals surface area (Å²) in [6.45, 7) is 3.42. The van der Waals surface area contributed by atoms with Gasteiger partial charge in [-0.1, -0.05) is 74.4 Å². The Hall–Kier alpha value is -2.37. The highest BCUT2D eigenvalue weighted by Crippen LogP contribution is 2.33. The van der Waals surface area contributed by atoms with Crippen LogP contribution in [0.25, 0.3) is 11.0 Å². The predicted octanol–water partition coefficient (Wildman–Crippen LogP) is 7.44. The topological polar surface area (TPSA) is 41.4 Å². The van der Waals surface area contributed by atoms with E-state index in [1.54, 1.807) is 0 Å². The van der Waals surface area contributed by atoms with Gasteiger partial charge in [-0.2, -0.15) is 0 Å². The average molecular weight is 547 g/mol. The fourth-order valence-electron chi connectivity index (χ4n) is 7.38. The summed E-state index contributed by atoms with van der Waals surface area (Å²) in [6.07, 6.45) is 14.7. The van der Waals surface area contributed by atoms with E-state index < -0.39 is 0 Å². The molecule has 5 nitrogen and oxygen atoms in total. The molecule has 3 fully saturated rings. The van der Waals surface area contributed by atoms with E-state index >= 15 is 0 Å². The third-order valence-electron chi connectivity index (χ3n) is 9.40. The van der Waals surface area contributed by atoms with E-state index in [0.717, 1.165) is 60.9 Å². The van der Waals surface area contributed by atoms with Crippen LogP contribution in [0.2, 0.25) is 5.02 Å². The lowest BCUT2D eigenvalue weighted by Gasteiger charge is -2.44. The van der Waals surface area contributed by atoms with E-state index in [9.17, 15) is 4.79 Å². The molecule has 208 valence electrons. The van der Waals surface area contributed by atoms with Gasteiger partial charge in [0.25, 0.3) is 0 Å². The zero-order valence-electron chi connectivity index (χ0n) is 23.2. The van der Waals surface area contributed by atoms with Gasteiger partial charge in [-0.3, -0.25) is 9.69 Å². The fourth-order valence-corrected chi connectivity index (χ4v) is 7.51. The first kappa shape index (κ1) is 26.8. The van der Waals surface area contributed by atoms with Crippen molar-refractivity contribution in [1.29, 1.82) is 0 Å². The van der Waals surface area contributed by atoms with Crippen LogP contribution < -0.4 is 0 Å². The first-order valence-corrected chi connectivity index (χ1v) is 15.8. The van der Waals surface area contributed by atoms with E-state index in [1.807, 2.05) is 12.1 Å². The zero-order chi connectivity index (χ0) is 26.6. The lowest BCUT2D eigenvalue weighted by atomic mass is 9.86. The summed E-state index contributed by atoms with van der Waals surface area (Å²) in [7, 11) is 0. The maximum absolute atomic E-state index is 14.2. The van der Waals surface area contributed by atoms with Crippen molar-refractivity contribution in [2.24, 2.45) is 5.92 Å². The largest absolute Gasteiger partial charge is 0.336 e. The van der Waals surface area contributed by atoms with Gasteiger partial charge in [0.1, 0.15) is 5.82 Å². The van der Waals surface area contributed by atoms with Gasteiger partial charge in [0, 0.05) is 30.2 Å². The summed E-state index contributed by atoms with van der Waals surface area (Å²) < 4.78 is 2.35. The molecule has 2 aromatic carbocycles. The maximum atomic E-state index is 14.2. The van der Waals surface area contributed by atoms with E-state index in [2.05, 4.69) is 50.8 Å². The molecule has 3 aliphatic rings. The quantitative estimate of drug-likeness (QED) is 0.309. The smallest absolute Gasteiger partial charge is 0.227 e. The third kappa shape index (κ3) is 6.20. The monoisotopic (exact) mass is 546 g/mol. The summed E-state index contributed by atoms with van der Waals surface area (Å²) in [5.41, 5.74) is 3.41. The average Bonchev–Trinajstić information content (AvgIpc) is 3.32. The molecule has 0 radical (unpaired) electrons. The van der Waals surface area contributed by atoms with E-state index in [0.29, 0.717) is 18.0 Å². The Morgan fingerprint density at radius 3 is 2.18 bits per heavy atom. The van der Waals surface area contributed by atoms with Crippen LogP contribution in [0.4, 0.5) is 0 Å². The van der Waals surface area contributed by atoms with Gasteiger partial charge < -0.3 is 9.47 Å². The van der Waals surface area contributed by atoms with Gasteiger partial charge in [0.15, 0.2) is 0 Å². The van der Waals surface area contributed by atoms with Crippen molar-refractivity contribution in [3.63, 3.8) is 0 Å². The number of imidazole rings is 1. The number of hydrogen-bond donors (Lipinski definition) is 0. The second kappa shape index (κ2) is 12.4. The number of para-hydroxylation sites is 2. The molecule has 2 saturated carbocycles. The predicted molar refractivity (Wildman–Crippen MR) is 159 cm³/mol. The standard InChI is InChI=1S/C33H43ClN4O/c34-27-19-17-25(18-20-27)22-37-31-16-8-7-15-30(31)35-32(37)24-36-21-9-10-26(23-36)33(39)38(28-11-3-1-4-12-28)29-13-5-2-6-14-29/h7-8,15-20,26,28-29H,1-6,9-14,21-24H2/t26-/m1/s1. The maximum Gasteiger partial charge on any atom is 0.227 e. The third-order valence-corrected chi connectivity index (χ3v) is 9.65. The molecule has 0 spiro atoms. The molecule has 2 heterocycles. The summed E-state index contributed by atoms with van der Waals surface area (Å²) >= 11 is 6.15. The molecule has 3 aromatic rings. The van der Waals surface area contributed by atoms with Crippen LogP contribution in [0, 0.1) is 5.92 Å². The molecule has 0 bridgehead atoms. The Morgan fingerprint density at radius 2 is 1.49 bits per heavy atom. The van der Waals surface area contributed by atoms with Gasteiger partial charge in [-0.25, -0.2) is 4.98 Å². The molecule has 0 unspecified atom stereocenters. The molecular formula is C33H43ClN4O. The highest BCUT2D eigenvalue weighted by Gasteiger charge is 2.37. The second-order valence-electron chi connectivity index (χ2n) is 12.1. The Bertz CT molecular complexity index is 1220. The van der Waals surface area contributed by atoms with Crippen LogP contribution in [0.3, 0.4) is 0 Å². The second-order valence-corrected chi connectivity index (χ2v) is 12.6. The van der Waals surface area contributed by atoms with Crippen LogP contribution in [0.5, 0.6) is 0 Å². The number of likely N-dealkylation sites (tertiary alicyclic amines) is 1. The van der Waals surface area contributed by atoms with Gasteiger partial charge in [0.05, 0.1) is 23.5 Å². The van der Waals surface area contributed by atoms with Crippen molar-refractivity contribution in [2.75, 3.05) is 13.1 Å². The number of carbonyl (C=O) groups excluding carboxylic acids is 1. The van der Waals surface area contributed by atoms with Gasteiger partial charge in [0.2, 0.25) is 5.91 Å². The number of aromatic nitrogens is 2.